The number of halogens is 1. The van der Waals surface area contributed by atoms with Gasteiger partial charge >= 0.3 is 5.97 Å². The van der Waals surface area contributed by atoms with Gasteiger partial charge in [-0.15, -0.1) is 0 Å². The van der Waals surface area contributed by atoms with Crippen molar-refractivity contribution in [2.45, 2.75) is 6.92 Å². The first kappa shape index (κ1) is 13.1. The van der Waals surface area contributed by atoms with Crippen LogP contribution in [0.1, 0.15) is 27.6 Å². The average molecular weight is 258 g/mol. The molecule has 0 saturated carbocycles. The minimum absolute atomic E-state index is 0.0425. The van der Waals surface area contributed by atoms with Gasteiger partial charge in [-0.2, -0.15) is 0 Å². The standard InChI is InChI=1S/C10H8ClNO5/c1-2-17-10(14)7-4-9(12(15)16)8(11)3-6(7)5-13/h3-5H,2H2,1H3. The van der Waals surface area contributed by atoms with Crippen LogP contribution in [-0.4, -0.2) is 23.8 Å². The van der Waals surface area contributed by atoms with Gasteiger partial charge in [0.25, 0.3) is 5.69 Å². The Labute approximate surface area is 101 Å². The Hall–Kier alpha value is -1.95. The highest BCUT2D eigenvalue weighted by Crippen LogP contribution is 2.27. The van der Waals surface area contributed by atoms with Gasteiger partial charge in [0.15, 0.2) is 6.29 Å². The van der Waals surface area contributed by atoms with Gasteiger partial charge in [0.2, 0.25) is 0 Å². The molecule has 0 fully saturated rings. The van der Waals surface area contributed by atoms with Crippen LogP contribution >= 0.6 is 11.6 Å². The Bertz CT molecular complexity index is 486. The van der Waals surface area contributed by atoms with Gasteiger partial charge in [-0.25, -0.2) is 4.79 Å². The first-order chi connectivity index (χ1) is 8.01. The highest BCUT2D eigenvalue weighted by atomic mass is 35.5. The third-order valence-electron chi connectivity index (χ3n) is 1.94. The number of hydrogen-bond donors (Lipinski definition) is 0. The number of ether oxygens (including phenoxy) is 1. The lowest BCUT2D eigenvalue weighted by molar-refractivity contribution is -0.384. The van der Waals surface area contributed by atoms with E-state index in [1.165, 1.54) is 0 Å². The summed E-state index contributed by atoms with van der Waals surface area (Å²) in [6.07, 6.45) is 0.391. The van der Waals surface area contributed by atoms with Crippen LogP contribution in [0.3, 0.4) is 0 Å². The highest BCUT2D eigenvalue weighted by molar-refractivity contribution is 6.33. The number of nitrogens with zero attached hydrogens (tertiary/aromatic N) is 1. The molecule has 1 aromatic carbocycles. The predicted octanol–water partition coefficient (Wildman–Crippen LogP) is 2.24. The van der Waals surface area contributed by atoms with Gasteiger partial charge in [0, 0.05) is 11.6 Å². The van der Waals surface area contributed by atoms with Crippen LogP contribution in [0.15, 0.2) is 12.1 Å². The molecule has 90 valence electrons. The number of hydrogen-bond acceptors (Lipinski definition) is 5. The maximum Gasteiger partial charge on any atom is 0.339 e. The lowest BCUT2D eigenvalue weighted by Crippen LogP contribution is -2.09. The maximum absolute atomic E-state index is 11.5. The molecule has 0 aliphatic rings. The minimum Gasteiger partial charge on any atom is -0.462 e. The molecule has 0 unspecified atom stereocenters. The van der Waals surface area contributed by atoms with Crippen LogP contribution in [0.5, 0.6) is 0 Å². The lowest BCUT2D eigenvalue weighted by atomic mass is 10.1. The molecule has 0 spiro atoms. The molecular formula is C10H8ClNO5. The first-order valence-electron chi connectivity index (χ1n) is 4.61. The number of nitro benzene ring substituents is 1. The molecule has 0 radical (unpaired) electrons. The zero-order valence-electron chi connectivity index (χ0n) is 8.81. The summed E-state index contributed by atoms with van der Waals surface area (Å²) < 4.78 is 4.68. The summed E-state index contributed by atoms with van der Waals surface area (Å²) in [5.74, 6) is -0.797. The number of carbonyl (C=O) groups excluding carboxylic acids is 2. The Morgan fingerprint density at radius 2 is 2.24 bits per heavy atom. The molecule has 0 saturated heterocycles. The van der Waals surface area contributed by atoms with E-state index in [-0.39, 0.29) is 22.8 Å². The van der Waals surface area contributed by atoms with Crippen LogP contribution in [0.2, 0.25) is 5.02 Å². The normalized spacial score (nSPS) is 9.76. The summed E-state index contributed by atoms with van der Waals surface area (Å²) in [6, 6.07) is 2.00. The van der Waals surface area contributed by atoms with Crippen molar-refractivity contribution < 1.29 is 19.2 Å². The Morgan fingerprint density at radius 3 is 2.71 bits per heavy atom. The Balaban J connectivity index is 3.36. The van der Waals surface area contributed by atoms with Gasteiger partial charge < -0.3 is 4.74 Å². The zero-order chi connectivity index (χ0) is 13.0. The SMILES string of the molecule is CCOC(=O)c1cc([N+](=O)[O-])c(Cl)cc1C=O. The van der Waals surface area contributed by atoms with Crippen LogP contribution in [0.4, 0.5) is 5.69 Å². The number of benzene rings is 1. The second kappa shape index (κ2) is 5.40. The van der Waals surface area contributed by atoms with E-state index < -0.39 is 16.6 Å². The van der Waals surface area contributed by atoms with E-state index in [9.17, 15) is 19.7 Å². The monoisotopic (exact) mass is 257 g/mol. The molecule has 6 nitrogen and oxygen atoms in total. The molecule has 0 aliphatic heterocycles. The smallest absolute Gasteiger partial charge is 0.339 e. The number of rotatable bonds is 4. The Morgan fingerprint density at radius 1 is 1.59 bits per heavy atom. The molecule has 7 heteroatoms. The molecule has 0 bridgehead atoms. The zero-order valence-corrected chi connectivity index (χ0v) is 9.56. The summed E-state index contributed by atoms with van der Waals surface area (Å²) in [7, 11) is 0. The molecule has 0 amide bonds. The van der Waals surface area contributed by atoms with Gasteiger partial charge in [0.1, 0.15) is 5.02 Å². The van der Waals surface area contributed by atoms with Gasteiger partial charge in [-0.1, -0.05) is 11.6 Å². The number of nitro groups is 1. The highest BCUT2D eigenvalue weighted by Gasteiger charge is 2.21. The van der Waals surface area contributed by atoms with E-state index >= 15 is 0 Å². The van der Waals surface area contributed by atoms with E-state index in [0.717, 1.165) is 12.1 Å². The molecule has 1 aromatic rings. The minimum atomic E-state index is -0.797. The van der Waals surface area contributed by atoms with Crippen molar-refractivity contribution in [2.75, 3.05) is 6.61 Å². The summed E-state index contributed by atoms with van der Waals surface area (Å²) in [4.78, 5) is 32.1. The third kappa shape index (κ3) is 2.79. The second-order valence-electron chi connectivity index (χ2n) is 2.99. The van der Waals surface area contributed by atoms with E-state index in [0.29, 0.717) is 6.29 Å². The molecule has 0 atom stereocenters. The van der Waals surface area contributed by atoms with Crippen LogP contribution in [0.25, 0.3) is 0 Å². The van der Waals surface area contributed by atoms with Crippen molar-refractivity contribution >= 4 is 29.5 Å². The molecule has 0 heterocycles. The molecule has 0 aliphatic carbocycles. The molecule has 0 aromatic heterocycles. The molecule has 1 rings (SSSR count). The quantitative estimate of drug-likeness (QED) is 0.357. The number of aldehydes is 1. The fourth-order valence-corrected chi connectivity index (χ4v) is 1.44. The van der Waals surface area contributed by atoms with Gasteiger partial charge in [0.05, 0.1) is 17.1 Å². The fourth-order valence-electron chi connectivity index (χ4n) is 1.20. The van der Waals surface area contributed by atoms with Crippen LogP contribution in [0, 0.1) is 10.1 Å². The first-order valence-corrected chi connectivity index (χ1v) is 4.99. The van der Waals surface area contributed by atoms with E-state index in [2.05, 4.69) is 4.74 Å². The van der Waals surface area contributed by atoms with Gasteiger partial charge in [-0.3, -0.25) is 14.9 Å². The van der Waals surface area contributed by atoms with Crippen molar-refractivity contribution in [3.05, 3.63) is 38.4 Å². The van der Waals surface area contributed by atoms with Crippen LogP contribution in [-0.2, 0) is 4.74 Å². The molecule has 17 heavy (non-hydrogen) atoms. The van der Waals surface area contributed by atoms with Crippen molar-refractivity contribution in [3.63, 3.8) is 0 Å². The van der Waals surface area contributed by atoms with Crippen LogP contribution < -0.4 is 0 Å². The molecule has 0 N–H and O–H groups in total. The summed E-state index contributed by atoms with van der Waals surface area (Å²) in [5.41, 5.74) is -0.655. The summed E-state index contributed by atoms with van der Waals surface area (Å²) in [6.45, 7) is 1.69. The summed E-state index contributed by atoms with van der Waals surface area (Å²) in [5, 5.41) is 10.4. The van der Waals surface area contributed by atoms with Crippen molar-refractivity contribution in [1.29, 1.82) is 0 Å². The Kier molecular flexibility index (Phi) is 4.17. The lowest BCUT2D eigenvalue weighted by Gasteiger charge is -2.05. The fraction of sp³-hybridized carbons (Fsp3) is 0.200. The topological polar surface area (TPSA) is 86.5 Å². The van der Waals surface area contributed by atoms with E-state index in [1.54, 1.807) is 6.92 Å². The summed E-state index contributed by atoms with van der Waals surface area (Å²) >= 11 is 5.60. The van der Waals surface area contributed by atoms with Crippen molar-refractivity contribution in [2.24, 2.45) is 0 Å². The average Bonchev–Trinajstić information content (AvgIpc) is 2.28. The van der Waals surface area contributed by atoms with Gasteiger partial charge in [-0.05, 0) is 13.0 Å². The second-order valence-corrected chi connectivity index (χ2v) is 3.39. The predicted molar refractivity (Wildman–Crippen MR) is 59.5 cm³/mol. The van der Waals surface area contributed by atoms with E-state index in [4.69, 9.17) is 11.6 Å². The molecular weight excluding hydrogens is 250 g/mol. The van der Waals surface area contributed by atoms with E-state index in [1.807, 2.05) is 0 Å². The van der Waals surface area contributed by atoms with Crippen molar-refractivity contribution in [1.82, 2.24) is 0 Å². The number of esters is 1. The third-order valence-corrected chi connectivity index (χ3v) is 2.24. The largest absolute Gasteiger partial charge is 0.462 e. The maximum atomic E-state index is 11.5. The van der Waals surface area contributed by atoms with Crippen molar-refractivity contribution in [3.8, 4) is 0 Å². The number of carbonyl (C=O) groups is 2.